The van der Waals surface area contributed by atoms with E-state index in [2.05, 4.69) is 46.1 Å². The SMILES string of the molecule is CCC(C)c1cc(/C=C/C(=O)CO[P+](=O)O)cc(C(C)CC)c1O.CCCC. The minimum atomic E-state index is -2.77. The van der Waals surface area contributed by atoms with Crippen molar-refractivity contribution in [1.82, 2.24) is 0 Å². The molecule has 0 heterocycles. The Morgan fingerprint density at radius 2 is 1.54 bits per heavy atom. The van der Waals surface area contributed by atoms with Crippen LogP contribution in [0.4, 0.5) is 0 Å². The lowest BCUT2D eigenvalue weighted by Gasteiger charge is -2.19. The third kappa shape index (κ3) is 9.59. The van der Waals surface area contributed by atoms with E-state index in [1.54, 1.807) is 6.08 Å². The molecule has 5 nitrogen and oxygen atoms in total. The summed E-state index contributed by atoms with van der Waals surface area (Å²) in [6.07, 6.45) is 7.41. The van der Waals surface area contributed by atoms with Crippen LogP contribution in [-0.2, 0) is 13.9 Å². The Kier molecular flexibility index (Phi) is 13.6. The molecule has 6 heteroatoms. The van der Waals surface area contributed by atoms with Gasteiger partial charge in [0.05, 0.1) is 0 Å². The maximum absolute atomic E-state index is 11.6. The van der Waals surface area contributed by atoms with Gasteiger partial charge in [0.2, 0.25) is 0 Å². The molecule has 1 rings (SSSR count). The zero-order valence-corrected chi connectivity index (χ0v) is 19.0. The minimum Gasteiger partial charge on any atom is -0.507 e. The Morgan fingerprint density at radius 3 is 1.89 bits per heavy atom. The van der Waals surface area contributed by atoms with Crippen molar-refractivity contribution in [1.29, 1.82) is 0 Å². The third-order valence-electron chi connectivity index (χ3n) is 4.76. The summed E-state index contributed by atoms with van der Waals surface area (Å²) in [6, 6.07) is 3.76. The number of aromatic hydroxyl groups is 1. The first-order valence-electron chi connectivity index (χ1n) is 10.1. The van der Waals surface area contributed by atoms with Crippen LogP contribution in [0.25, 0.3) is 6.08 Å². The molecule has 3 unspecified atom stereocenters. The van der Waals surface area contributed by atoms with Crippen LogP contribution in [-0.4, -0.2) is 22.4 Å². The Bertz CT molecular complexity index is 621. The molecule has 0 aliphatic rings. The molecular formula is C22H36O5P+. The molecular weight excluding hydrogens is 375 g/mol. The van der Waals surface area contributed by atoms with Gasteiger partial charge in [-0.25, -0.2) is 0 Å². The van der Waals surface area contributed by atoms with Gasteiger partial charge in [0.1, 0.15) is 5.75 Å². The second-order valence-electron chi connectivity index (χ2n) is 6.98. The number of unbranched alkanes of at least 4 members (excludes halogenated alkanes) is 1. The predicted molar refractivity (Wildman–Crippen MR) is 116 cm³/mol. The highest BCUT2D eigenvalue weighted by Gasteiger charge is 2.17. The Hall–Kier alpha value is -1.55. The Labute approximate surface area is 170 Å². The van der Waals surface area contributed by atoms with Gasteiger partial charge in [-0.05, 0) is 59.6 Å². The number of carbonyl (C=O) groups excluding carboxylic acids is 1. The number of hydrogen-bond acceptors (Lipinski definition) is 4. The first-order valence-corrected chi connectivity index (χ1v) is 11.2. The summed E-state index contributed by atoms with van der Waals surface area (Å²) in [5.41, 5.74) is 2.56. The van der Waals surface area contributed by atoms with E-state index in [0.717, 1.165) is 29.5 Å². The smallest absolute Gasteiger partial charge is 0.507 e. The summed E-state index contributed by atoms with van der Waals surface area (Å²) >= 11 is 0. The second kappa shape index (κ2) is 14.4. The zero-order chi connectivity index (χ0) is 21.7. The topological polar surface area (TPSA) is 83.8 Å². The quantitative estimate of drug-likeness (QED) is 0.340. The first kappa shape index (κ1) is 26.4. The molecule has 0 aromatic heterocycles. The summed E-state index contributed by atoms with van der Waals surface area (Å²) in [5.74, 6) is 0.357. The molecule has 0 saturated carbocycles. The third-order valence-corrected chi connectivity index (χ3v) is 5.11. The normalized spacial score (nSPS) is 13.6. The van der Waals surface area contributed by atoms with E-state index in [-0.39, 0.29) is 11.8 Å². The number of rotatable bonds is 10. The van der Waals surface area contributed by atoms with Gasteiger partial charge in [-0.1, -0.05) is 60.5 Å². The maximum Gasteiger partial charge on any atom is 0.695 e. The average Bonchev–Trinajstić information content (AvgIpc) is 2.70. The van der Waals surface area contributed by atoms with E-state index in [9.17, 15) is 14.5 Å². The van der Waals surface area contributed by atoms with Gasteiger partial charge in [0.25, 0.3) is 0 Å². The van der Waals surface area contributed by atoms with Gasteiger partial charge in [-0.15, -0.1) is 9.42 Å². The molecule has 0 bridgehead atoms. The van der Waals surface area contributed by atoms with Crippen LogP contribution in [0.2, 0.25) is 0 Å². The van der Waals surface area contributed by atoms with Gasteiger partial charge in [0, 0.05) is 4.57 Å². The lowest BCUT2D eigenvalue weighted by Crippen LogP contribution is -2.02. The molecule has 0 fully saturated rings. The molecule has 1 aromatic rings. The van der Waals surface area contributed by atoms with E-state index in [1.807, 2.05) is 12.1 Å². The molecule has 28 heavy (non-hydrogen) atoms. The van der Waals surface area contributed by atoms with Crippen LogP contribution in [0.1, 0.15) is 95.8 Å². The van der Waals surface area contributed by atoms with Crippen LogP contribution in [0.3, 0.4) is 0 Å². The first-order chi connectivity index (χ1) is 13.2. The average molecular weight is 411 g/mol. The molecule has 158 valence electrons. The summed E-state index contributed by atoms with van der Waals surface area (Å²) in [5, 5.41) is 10.6. The van der Waals surface area contributed by atoms with Gasteiger partial charge >= 0.3 is 8.25 Å². The molecule has 1 aromatic carbocycles. The fraction of sp³-hybridized carbons (Fsp3) is 0.591. The lowest BCUT2D eigenvalue weighted by molar-refractivity contribution is -0.116. The van der Waals surface area contributed by atoms with E-state index < -0.39 is 20.6 Å². The minimum absolute atomic E-state index is 0.207. The van der Waals surface area contributed by atoms with E-state index in [4.69, 9.17) is 4.89 Å². The molecule has 0 amide bonds. The molecule has 0 radical (unpaired) electrons. The molecule has 0 aliphatic heterocycles. The molecule has 0 aliphatic carbocycles. The molecule has 2 N–H and O–H groups in total. The summed E-state index contributed by atoms with van der Waals surface area (Å²) in [6.45, 7) is 12.2. The highest BCUT2D eigenvalue weighted by molar-refractivity contribution is 7.32. The van der Waals surface area contributed by atoms with Gasteiger partial charge < -0.3 is 5.11 Å². The summed E-state index contributed by atoms with van der Waals surface area (Å²) in [7, 11) is -2.77. The Morgan fingerprint density at radius 1 is 1.07 bits per heavy atom. The van der Waals surface area contributed by atoms with Gasteiger partial charge in [-0.2, -0.15) is 0 Å². The van der Waals surface area contributed by atoms with E-state index >= 15 is 0 Å². The van der Waals surface area contributed by atoms with Crippen molar-refractivity contribution in [2.75, 3.05) is 6.61 Å². The zero-order valence-electron chi connectivity index (χ0n) is 18.1. The second-order valence-corrected chi connectivity index (χ2v) is 7.71. The van der Waals surface area contributed by atoms with Crippen LogP contribution in [0.5, 0.6) is 5.75 Å². The fourth-order valence-corrected chi connectivity index (χ4v) is 2.59. The van der Waals surface area contributed by atoms with Crippen LogP contribution < -0.4 is 0 Å². The molecule has 3 atom stereocenters. The highest BCUT2D eigenvalue weighted by Crippen LogP contribution is 2.37. The van der Waals surface area contributed by atoms with Gasteiger partial charge in [0.15, 0.2) is 12.4 Å². The predicted octanol–water partition coefficient (Wildman–Crippen LogP) is 6.47. The van der Waals surface area contributed by atoms with Crippen LogP contribution in [0, 0.1) is 0 Å². The van der Waals surface area contributed by atoms with Crippen molar-refractivity contribution in [3.63, 3.8) is 0 Å². The number of hydrogen-bond donors (Lipinski definition) is 2. The van der Waals surface area contributed by atoms with Crippen LogP contribution in [0.15, 0.2) is 18.2 Å². The summed E-state index contributed by atoms with van der Waals surface area (Å²) in [4.78, 5) is 20.2. The Balaban J connectivity index is 0.00000165. The standard InChI is InChI=1S/C18H25O5P.C4H10/c1-5-12(3)16-9-14(7-8-15(19)11-23-24(21)22)10-17(18(16)20)13(4)6-2;1-3-4-2/h7-10,12-13H,5-6,11H2,1-4H3,(H-,19,20,21,22);3-4H2,1-2H3/p+1. The number of phenols is 1. The monoisotopic (exact) mass is 411 g/mol. The van der Waals surface area contributed by atoms with Crippen molar-refractivity contribution in [2.24, 2.45) is 0 Å². The van der Waals surface area contributed by atoms with Crippen molar-refractivity contribution in [3.8, 4) is 5.75 Å². The number of ketones is 1. The summed E-state index contributed by atoms with van der Waals surface area (Å²) < 4.78 is 14.8. The highest BCUT2D eigenvalue weighted by atomic mass is 31.1. The number of carbonyl (C=O) groups is 1. The van der Waals surface area contributed by atoms with Crippen molar-refractivity contribution < 1.29 is 23.9 Å². The lowest BCUT2D eigenvalue weighted by atomic mass is 9.88. The van der Waals surface area contributed by atoms with Gasteiger partial charge in [-0.3, -0.25) is 4.79 Å². The van der Waals surface area contributed by atoms with E-state index in [0.29, 0.717) is 5.75 Å². The molecule has 0 saturated heterocycles. The fourth-order valence-electron chi connectivity index (χ4n) is 2.35. The van der Waals surface area contributed by atoms with Crippen molar-refractivity contribution in [3.05, 3.63) is 34.9 Å². The van der Waals surface area contributed by atoms with Crippen molar-refractivity contribution >= 4 is 20.1 Å². The number of benzene rings is 1. The maximum atomic E-state index is 11.6. The van der Waals surface area contributed by atoms with Crippen molar-refractivity contribution in [2.45, 2.75) is 79.1 Å². The van der Waals surface area contributed by atoms with Crippen LogP contribution >= 0.6 is 8.25 Å². The number of phenolic OH excluding ortho intramolecular Hbond substituents is 1. The van der Waals surface area contributed by atoms with E-state index in [1.165, 1.54) is 18.9 Å². The largest absolute Gasteiger partial charge is 0.695 e. The molecule has 0 spiro atoms.